The summed E-state index contributed by atoms with van der Waals surface area (Å²) in [5.41, 5.74) is 0.232. The molecule has 0 spiro atoms. The van der Waals surface area contributed by atoms with Crippen LogP contribution in [0.3, 0.4) is 0 Å². The zero-order chi connectivity index (χ0) is 41.9. The lowest BCUT2D eigenvalue weighted by Gasteiger charge is -2.29. The Balaban J connectivity index is 1.19. The molecule has 4 heterocycles. The number of para-hydroxylation sites is 1. The molecule has 1 saturated heterocycles. The number of anilines is 1. The number of pyridine rings is 1. The van der Waals surface area contributed by atoms with Gasteiger partial charge in [0.1, 0.15) is 41.3 Å². The number of benzene rings is 1. The van der Waals surface area contributed by atoms with Crippen molar-refractivity contribution < 1.29 is 38.6 Å². The quantitative estimate of drug-likeness (QED) is 0.143. The third-order valence-electron chi connectivity index (χ3n) is 11.4. The van der Waals surface area contributed by atoms with E-state index in [1.54, 1.807) is 23.6 Å². The van der Waals surface area contributed by atoms with Crippen LogP contribution in [0.4, 0.5) is 9.93 Å². The van der Waals surface area contributed by atoms with E-state index in [1.165, 1.54) is 16.2 Å². The maximum absolute atomic E-state index is 14.6. The van der Waals surface area contributed by atoms with Crippen LogP contribution in [0, 0.1) is 23.7 Å². The van der Waals surface area contributed by atoms with Crippen LogP contribution in [-0.2, 0) is 23.9 Å². The summed E-state index contributed by atoms with van der Waals surface area (Å²) >= 11 is 1.26. The molecule has 15 heteroatoms. The molecule has 0 unspecified atom stereocenters. The van der Waals surface area contributed by atoms with E-state index >= 15 is 0 Å². The van der Waals surface area contributed by atoms with Gasteiger partial charge in [-0.2, -0.15) is 0 Å². The molecule has 0 radical (unpaired) electrons. The smallest absolute Gasteiger partial charge is 0.408 e. The number of terminal acetylenes is 1. The molecule has 2 aliphatic carbocycles. The molecule has 312 valence electrons. The fourth-order valence-electron chi connectivity index (χ4n) is 8.32. The summed E-state index contributed by atoms with van der Waals surface area (Å²) in [5, 5.41) is 21.6. The number of thiazole rings is 1. The number of allylic oxidation sites excluding steroid dienone is 1. The molecule has 1 aromatic carbocycles. The summed E-state index contributed by atoms with van der Waals surface area (Å²) in [6.45, 7) is 5.92. The summed E-state index contributed by atoms with van der Waals surface area (Å²) in [4.78, 5) is 78.2. The van der Waals surface area contributed by atoms with Crippen LogP contribution in [0.15, 0.2) is 41.8 Å². The second-order valence-electron chi connectivity index (χ2n) is 17.3. The highest BCUT2D eigenvalue weighted by Crippen LogP contribution is 2.45. The molecule has 2 aromatic heterocycles. The molecular weight excluding hydrogens is 773 g/mol. The molecule has 4 N–H and O–H groups in total. The molecule has 4 aliphatic rings. The molecule has 2 aliphatic heterocycles. The molecule has 5 atom stereocenters. The third kappa shape index (κ3) is 9.70. The third-order valence-corrected chi connectivity index (χ3v) is 12.2. The number of carbonyl (C=O) groups excluding carboxylic acids is 4. The van der Waals surface area contributed by atoms with Crippen LogP contribution in [0.25, 0.3) is 22.3 Å². The molecule has 3 aromatic rings. The number of hydrogen-bond acceptors (Lipinski definition) is 10. The second kappa shape index (κ2) is 17.4. The van der Waals surface area contributed by atoms with E-state index in [0.717, 1.165) is 44.9 Å². The van der Waals surface area contributed by atoms with Crippen LogP contribution in [-0.4, -0.2) is 86.1 Å². The van der Waals surface area contributed by atoms with Crippen molar-refractivity contribution in [2.45, 2.75) is 128 Å². The number of aromatic nitrogens is 2. The fourth-order valence-corrected chi connectivity index (χ4v) is 9.04. The molecule has 59 heavy (non-hydrogen) atoms. The Kier molecular flexibility index (Phi) is 12.3. The van der Waals surface area contributed by atoms with Crippen molar-refractivity contribution >= 4 is 57.2 Å². The molecule has 4 amide bonds. The summed E-state index contributed by atoms with van der Waals surface area (Å²) in [7, 11) is 0. The highest BCUT2D eigenvalue weighted by atomic mass is 32.1. The Morgan fingerprint density at radius 2 is 1.85 bits per heavy atom. The van der Waals surface area contributed by atoms with Crippen molar-refractivity contribution in [3.05, 3.63) is 47.4 Å². The maximum Gasteiger partial charge on any atom is 0.408 e. The number of aliphatic carboxylic acids is 1. The minimum Gasteiger partial charge on any atom is -0.488 e. The fraction of sp³-hybridized carbons (Fsp3) is 0.523. The first kappa shape index (κ1) is 41.7. The summed E-state index contributed by atoms with van der Waals surface area (Å²) in [6.07, 6.45) is 15.5. The topological polar surface area (TPSA) is 189 Å². The van der Waals surface area contributed by atoms with Gasteiger partial charge in [0, 0.05) is 35.6 Å². The largest absolute Gasteiger partial charge is 0.488 e. The molecule has 7 rings (SSSR count). The van der Waals surface area contributed by atoms with E-state index < -0.39 is 47.6 Å². The van der Waals surface area contributed by atoms with Crippen LogP contribution >= 0.6 is 11.3 Å². The summed E-state index contributed by atoms with van der Waals surface area (Å²) < 4.78 is 12.4. The van der Waals surface area contributed by atoms with Gasteiger partial charge in [-0.25, -0.2) is 19.6 Å². The second-order valence-corrected chi connectivity index (χ2v) is 18.2. The molecule has 0 bridgehead atoms. The highest BCUT2D eigenvalue weighted by molar-refractivity contribution is 7.14. The number of rotatable bonds is 8. The van der Waals surface area contributed by atoms with Gasteiger partial charge in [0.2, 0.25) is 17.7 Å². The van der Waals surface area contributed by atoms with Gasteiger partial charge >= 0.3 is 12.1 Å². The zero-order valence-corrected chi connectivity index (χ0v) is 34.6. The number of hydrogen-bond donors (Lipinski definition) is 4. The Morgan fingerprint density at radius 1 is 1.07 bits per heavy atom. The van der Waals surface area contributed by atoms with Gasteiger partial charge in [0.05, 0.1) is 23.3 Å². The number of carboxylic acid groups (broad SMARTS) is 1. The van der Waals surface area contributed by atoms with Crippen LogP contribution in [0.5, 0.6) is 5.75 Å². The molecule has 2 saturated carbocycles. The van der Waals surface area contributed by atoms with Crippen molar-refractivity contribution in [1.29, 1.82) is 0 Å². The standard InChI is InChI=1S/C44H52N6O8S/c1-5-26-14-13-18-30-35(21-32(45-37(26)30)33-25-59-41(46-33)48-36(51)23-43(2,3)4)57-29-20-34-38(52)49-44(40(54)55)22-27(44)15-9-7-6-8-10-19-31(39(53)50(34)24-29)47-42(56)58-28-16-11-12-17-28/h1,9,13-15,18,21,25,27-29,31,34H,6-8,10-12,16-17,19-20,22-24H2,2-4H3,(H,47,56)(H,49,52)(H,54,55)(H,46,48,51)/b15-9-/t27-,29+,31+,34-,44+/m0/s1. The number of nitrogens with zero attached hydrogens (tertiary/aromatic N) is 3. The predicted molar refractivity (Wildman–Crippen MR) is 223 cm³/mol. The monoisotopic (exact) mass is 824 g/mol. The molecular formula is C44H52N6O8S. The van der Waals surface area contributed by atoms with E-state index in [4.69, 9.17) is 20.9 Å². The first-order chi connectivity index (χ1) is 28.2. The van der Waals surface area contributed by atoms with Crippen molar-refractivity contribution in [3.63, 3.8) is 0 Å². The van der Waals surface area contributed by atoms with E-state index in [9.17, 15) is 29.1 Å². The maximum atomic E-state index is 14.6. The van der Waals surface area contributed by atoms with Gasteiger partial charge in [-0.05, 0) is 68.9 Å². The van der Waals surface area contributed by atoms with Gasteiger partial charge in [-0.1, -0.05) is 57.8 Å². The Hall–Kier alpha value is -5.49. The lowest BCUT2D eigenvalue weighted by molar-refractivity contribution is -0.145. The average Bonchev–Trinajstić information content (AvgIpc) is 3.61. The van der Waals surface area contributed by atoms with Crippen LogP contribution < -0.4 is 20.7 Å². The molecule has 3 fully saturated rings. The lowest BCUT2D eigenvalue weighted by atomic mass is 9.92. The lowest BCUT2D eigenvalue weighted by Crippen LogP contribution is -2.56. The van der Waals surface area contributed by atoms with Crippen molar-refractivity contribution in [2.24, 2.45) is 11.3 Å². The van der Waals surface area contributed by atoms with Gasteiger partial charge in [-0.15, -0.1) is 17.8 Å². The summed E-state index contributed by atoms with van der Waals surface area (Å²) in [5.74, 6) is 0.329. The summed E-state index contributed by atoms with van der Waals surface area (Å²) in [6, 6.07) is 5.03. The minimum absolute atomic E-state index is 0.0230. The average molecular weight is 825 g/mol. The number of nitrogens with one attached hydrogen (secondary N) is 3. The molecule has 14 nitrogen and oxygen atoms in total. The van der Waals surface area contributed by atoms with Crippen LogP contribution in [0.1, 0.15) is 103 Å². The number of amides is 4. The number of alkyl carbamates (subject to hydrolysis) is 1. The van der Waals surface area contributed by atoms with E-state index in [0.29, 0.717) is 58.0 Å². The Bertz CT molecular complexity index is 2180. The van der Waals surface area contributed by atoms with Crippen LogP contribution in [0.2, 0.25) is 0 Å². The highest BCUT2D eigenvalue weighted by Gasteiger charge is 2.61. The van der Waals surface area contributed by atoms with Crippen molar-refractivity contribution in [2.75, 3.05) is 11.9 Å². The number of carbonyl (C=O) groups is 5. The van der Waals surface area contributed by atoms with Crippen molar-refractivity contribution in [1.82, 2.24) is 25.5 Å². The Morgan fingerprint density at radius 3 is 2.59 bits per heavy atom. The predicted octanol–water partition coefficient (Wildman–Crippen LogP) is 6.58. The normalized spacial score (nSPS) is 25.7. The SMILES string of the molecule is C#Cc1cccc2c(O[C@@H]3C[C@H]4C(=O)N[C@]5(C(=O)O)C[C@@H]5/C=C\CCCCC[C@@H](NC(=O)OC5CCCC5)C(=O)N4C3)cc(-c3csc(NC(=O)CC(C)(C)C)n3)nc12. The van der Waals surface area contributed by atoms with Gasteiger partial charge in [0.15, 0.2) is 5.13 Å². The van der Waals surface area contributed by atoms with Gasteiger partial charge < -0.3 is 35.4 Å². The van der Waals surface area contributed by atoms with Gasteiger partial charge in [-0.3, -0.25) is 14.4 Å². The Labute approximate surface area is 347 Å². The number of carboxylic acids is 1. The number of fused-ring (bicyclic) bond motifs is 3. The van der Waals surface area contributed by atoms with E-state index in [-0.39, 0.29) is 42.7 Å². The van der Waals surface area contributed by atoms with Crippen molar-refractivity contribution in [3.8, 4) is 29.5 Å². The first-order valence-corrected chi connectivity index (χ1v) is 21.4. The zero-order valence-electron chi connectivity index (χ0n) is 33.8. The van der Waals surface area contributed by atoms with E-state index in [2.05, 4.69) is 26.9 Å². The number of ether oxygens (including phenoxy) is 2. The first-order valence-electron chi connectivity index (χ1n) is 20.6. The minimum atomic E-state index is -1.48. The van der Waals surface area contributed by atoms with E-state index in [1.807, 2.05) is 39.0 Å². The van der Waals surface area contributed by atoms with Gasteiger partial charge in [0.25, 0.3) is 0 Å².